The molecule has 0 fully saturated rings. The van der Waals surface area contributed by atoms with E-state index in [0.29, 0.717) is 0 Å². The zero-order valence-corrected chi connectivity index (χ0v) is 10.5. The lowest BCUT2D eigenvalue weighted by atomic mass is 9.93. The number of nitrogens with zero attached hydrogens (tertiary/aromatic N) is 1. The molecule has 0 aliphatic heterocycles. The van der Waals surface area contributed by atoms with Crippen LogP contribution in [0.5, 0.6) is 0 Å². The van der Waals surface area contributed by atoms with Gasteiger partial charge in [0.2, 0.25) is 5.91 Å². The van der Waals surface area contributed by atoms with E-state index in [1.807, 2.05) is 6.08 Å². The summed E-state index contributed by atoms with van der Waals surface area (Å²) in [5.74, 6) is -0.401. The molecule has 1 aliphatic rings. The summed E-state index contributed by atoms with van der Waals surface area (Å²) in [5.41, 5.74) is -0.525. The van der Waals surface area contributed by atoms with Gasteiger partial charge in [0.05, 0.1) is 11.3 Å². The molecule has 0 spiro atoms. The van der Waals surface area contributed by atoms with E-state index in [0.717, 1.165) is 17.3 Å². The third-order valence-corrected chi connectivity index (χ3v) is 2.73. The number of carbonyl (C=O) groups excluding carboxylic acids is 1. The molecule has 0 saturated heterocycles. The summed E-state index contributed by atoms with van der Waals surface area (Å²) in [6, 6.07) is 0. The van der Waals surface area contributed by atoms with Gasteiger partial charge in [0.15, 0.2) is 0 Å². The third-order valence-electron chi connectivity index (χ3n) is 2.33. The van der Waals surface area contributed by atoms with Crippen molar-refractivity contribution in [3.63, 3.8) is 0 Å². The number of rotatable bonds is 4. The van der Waals surface area contributed by atoms with Gasteiger partial charge < -0.3 is 0 Å². The summed E-state index contributed by atoms with van der Waals surface area (Å²) in [6.07, 6.45) is 5.86. The fraction of sp³-hybridized carbons (Fsp3) is 0.500. The van der Waals surface area contributed by atoms with E-state index in [1.54, 1.807) is 6.08 Å². The van der Waals surface area contributed by atoms with Crippen molar-refractivity contribution in [3.05, 3.63) is 33.9 Å². The van der Waals surface area contributed by atoms with Crippen molar-refractivity contribution >= 4 is 21.8 Å². The van der Waals surface area contributed by atoms with Crippen molar-refractivity contribution in [2.24, 2.45) is 0 Å². The van der Waals surface area contributed by atoms with E-state index in [9.17, 15) is 14.9 Å². The summed E-state index contributed by atoms with van der Waals surface area (Å²) >= 11 is 3.29. The van der Waals surface area contributed by atoms with Gasteiger partial charge in [-0.1, -0.05) is 33.7 Å². The van der Waals surface area contributed by atoms with Crippen molar-refractivity contribution in [2.45, 2.75) is 25.4 Å². The van der Waals surface area contributed by atoms with Crippen LogP contribution in [0.3, 0.4) is 0 Å². The average Bonchev–Trinajstić information content (AvgIpc) is 2.17. The molecule has 1 N–H and O–H groups in total. The molecule has 1 unspecified atom stereocenters. The quantitative estimate of drug-likeness (QED) is 0.371. The van der Waals surface area contributed by atoms with Crippen LogP contribution in [-0.2, 0) is 4.79 Å². The second-order valence-electron chi connectivity index (χ2n) is 3.66. The van der Waals surface area contributed by atoms with Crippen LogP contribution in [0.15, 0.2) is 23.8 Å². The molecule has 1 aliphatic carbocycles. The van der Waals surface area contributed by atoms with Crippen molar-refractivity contribution in [3.8, 4) is 0 Å². The van der Waals surface area contributed by atoms with Gasteiger partial charge in [-0.2, -0.15) is 0 Å². The smallest absolute Gasteiger partial charge is 0.288 e. The molecule has 0 saturated carbocycles. The maximum atomic E-state index is 11.1. The monoisotopic (exact) mass is 288 g/mol. The maximum Gasteiger partial charge on any atom is 0.319 e. The van der Waals surface area contributed by atoms with Crippen LogP contribution >= 0.6 is 15.9 Å². The Morgan fingerprint density at radius 1 is 1.75 bits per heavy atom. The first-order chi connectivity index (χ1) is 7.50. The van der Waals surface area contributed by atoms with Gasteiger partial charge in [0, 0.05) is 18.3 Å². The number of halogens is 1. The molecule has 0 aromatic carbocycles. The Bertz CT molecular complexity index is 365. The highest BCUT2D eigenvalue weighted by Crippen LogP contribution is 2.26. The van der Waals surface area contributed by atoms with E-state index < -0.39 is 16.5 Å². The minimum absolute atomic E-state index is 0.224. The molecular weight excluding hydrogens is 276 g/mol. The molecule has 16 heavy (non-hydrogen) atoms. The number of amides is 1. The minimum Gasteiger partial charge on any atom is -0.288 e. The van der Waals surface area contributed by atoms with Gasteiger partial charge in [-0.25, -0.2) is 0 Å². The number of alkyl halides is 1. The van der Waals surface area contributed by atoms with E-state index in [4.69, 9.17) is 0 Å². The lowest BCUT2D eigenvalue weighted by Gasteiger charge is -2.25. The van der Waals surface area contributed by atoms with Crippen LogP contribution in [0.4, 0.5) is 0 Å². The highest BCUT2D eigenvalue weighted by molar-refractivity contribution is 9.09. The Morgan fingerprint density at radius 3 is 2.94 bits per heavy atom. The summed E-state index contributed by atoms with van der Waals surface area (Å²) in [5, 5.41) is 14.2. The molecule has 1 atom stereocenters. The summed E-state index contributed by atoms with van der Waals surface area (Å²) in [7, 11) is 0. The standard InChI is InChI=1S/C10H13BrN2O3/c1-8(14)12-10(13(15)16)5-2-3-9(7-10)4-6-11/h2-3,5H,4,6-7H2,1H3,(H,12,14). The SMILES string of the molecule is CC(=O)NC1([N+](=O)[O-])C=CC=C(CCBr)C1. The lowest BCUT2D eigenvalue weighted by molar-refractivity contribution is -0.560. The predicted octanol–water partition coefficient (Wildman–Crippen LogP) is 1.77. The summed E-state index contributed by atoms with van der Waals surface area (Å²) < 4.78 is 0. The van der Waals surface area contributed by atoms with E-state index in [-0.39, 0.29) is 6.42 Å². The number of allylic oxidation sites excluding steroid dienone is 2. The number of nitrogens with one attached hydrogen (secondary N) is 1. The van der Waals surface area contributed by atoms with Gasteiger partial charge in [-0.05, 0) is 6.42 Å². The molecule has 6 heteroatoms. The fourth-order valence-corrected chi connectivity index (χ4v) is 2.17. The van der Waals surface area contributed by atoms with Crippen molar-refractivity contribution in [2.75, 3.05) is 5.33 Å². The fourth-order valence-electron chi connectivity index (χ4n) is 1.66. The second kappa shape index (κ2) is 5.25. The Morgan fingerprint density at radius 2 is 2.44 bits per heavy atom. The first-order valence-electron chi connectivity index (χ1n) is 4.86. The topological polar surface area (TPSA) is 72.2 Å². The number of hydrogen-bond acceptors (Lipinski definition) is 3. The molecule has 0 aromatic heterocycles. The number of hydrogen-bond donors (Lipinski definition) is 1. The van der Waals surface area contributed by atoms with Crippen molar-refractivity contribution in [1.82, 2.24) is 5.32 Å². The molecule has 0 heterocycles. The average molecular weight is 289 g/mol. The van der Waals surface area contributed by atoms with E-state index >= 15 is 0 Å². The molecule has 0 bridgehead atoms. The Balaban J connectivity index is 2.90. The van der Waals surface area contributed by atoms with Gasteiger partial charge in [0.25, 0.3) is 0 Å². The molecule has 0 aromatic rings. The van der Waals surface area contributed by atoms with Crippen LogP contribution in [0.2, 0.25) is 0 Å². The molecule has 5 nitrogen and oxygen atoms in total. The van der Waals surface area contributed by atoms with Crippen LogP contribution in [-0.4, -0.2) is 21.8 Å². The zero-order chi connectivity index (χ0) is 12.2. The van der Waals surface area contributed by atoms with Crippen molar-refractivity contribution < 1.29 is 9.72 Å². The summed E-state index contributed by atoms with van der Waals surface area (Å²) in [6.45, 7) is 1.28. The summed E-state index contributed by atoms with van der Waals surface area (Å²) in [4.78, 5) is 21.6. The van der Waals surface area contributed by atoms with Crippen LogP contribution < -0.4 is 5.32 Å². The normalized spacial score (nSPS) is 23.8. The van der Waals surface area contributed by atoms with Crippen LogP contribution in [0.25, 0.3) is 0 Å². The largest absolute Gasteiger partial charge is 0.319 e. The highest BCUT2D eigenvalue weighted by atomic mass is 79.9. The number of carbonyl (C=O) groups is 1. The van der Waals surface area contributed by atoms with Gasteiger partial charge in [0.1, 0.15) is 0 Å². The van der Waals surface area contributed by atoms with E-state index in [1.165, 1.54) is 13.0 Å². The lowest BCUT2D eigenvalue weighted by Crippen LogP contribution is -2.53. The Labute approximate surface area is 102 Å². The minimum atomic E-state index is -1.47. The molecule has 1 amide bonds. The van der Waals surface area contributed by atoms with Gasteiger partial charge in [-0.3, -0.25) is 20.2 Å². The van der Waals surface area contributed by atoms with Gasteiger partial charge >= 0.3 is 5.66 Å². The van der Waals surface area contributed by atoms with Crippen LogP contribution in [0.1, 0.15) is 19.8 Å². The van der Waals surface area contributed by atoms with Crippen LogP contribution in [0, 0.1) is 10.1 Å². The molecule has 0 radical (unpaired) electrons. The second-order valence-corrected chi connectivity index (χ2v) is 4.46. The molecule has 1 rings (SSSR count). The Hall–Kier alpha value is -1.17. The molecule has 88 valence electrons. The van der Waals surface area contributed by atoms with Gasteiger partial charge in [-0.15, -0.1) is 0 Å². The maximum absolute atomic E-state index is 11.1. The first-order valence-corrected chi connectivity index (χ1v) is 5.99. The third kappa shape index (κ3) is 2.91. The highest BCUT2D eigenvalue weighted by Gasteiger charge is 2.42. The van der Waals surface area contributed by atoms with E-state index in [2.05, 4.69) is 21.2 Å². The number of nitro groups is 1. The molecular formula is C10H13BrN2O3. The predicted molar refractivity (Wildman–Crippen MR) is 63.8 cm³/mol. The zero-order valence-electron chi connectivity index (χ0n) is 8.90. The Kier molecular flexibility index (Phi) is 4.23. The van der Waals surface area contributed by atoms with Crippen molar-refractivity contribution in [1.29, 1.82) is 0 Å². The first kappa shape index (κ1) is 12.9.